The lowest BCUT2D eigenvalue weighted by molar-refractivity contribution is 0.0748. The third-order valence-electron chi connectivity index (χ3n) is 6.81. The van der Waals surface area contributed by atoms with E-state index in [-0.39, 0.29) is 23.0 Å². The highest BCUT2D eigenvalue weighted by Gasteiger charge is 2.27. The number of carbonyl (C=O) groups excluding carboxylic acids is 2. The first-order valence-electron chi connectivity index (χ1n) is 12.0. The Morgan fingerprint density at radius 3 is 2.68 bits per heavy atom. The van der Waals surface area contributed by atoms with Crippen molar-refractivity contribution < 1.29 is 19.4 Å². The molecule has 2 aromatic carbocycles. The molecule has 0 aliphatic carbocycles. The SMILES string of the molecule is CCC(=O)c1n[nH]c2cc(O)c(C(=O)N3Cc4ccc(OCCN5CCCCC5)cc4C3)cc12. The average Bonchev–Trinajstić information content (AvgIpc) is 3.47. The van der Waals surface area contributed by atoms with Gasteiger partial charge in [-0.2, -0.15) is 5.10 Å². The molecule has 2 N–H and O–H groups in total. The molecule has 1 saturated heterocycles. The minimum atomic E-state index is -0.278. The Morgan fingerprint density at radius 2 is 1.88 bits per heavy atom. The predicted octanol–water partition coefficient (Wildman–Crippen LogP) is 3.88. The van der Waals surface area contributed by atoms with Crippen LogP contribution in [-0.2, 0) is 13.1 Å². The number of ether oxygens (including phenoxy) is 1. The van der Waals surface area contributed by atoms with Crippen LogP contribution in [0.2, 0.25) is 0 Å². The summed E-state index contributed by atoms with van der Waals surface area (Å²) in [5, 5.41) is 17.9. The lowest BCUT2D eigenvalue weighted by atomic mass is 10.1. The molecule has 0 spiro atoms. The first kappa shape index (κ1) is 22.4. The molecule has 3 aromatic rings. The number of nitrogens with zero attached hydrogens (tertiary/aromatic N) is 3. The van der Waals surface area contributed by atoms with E-state index in [4.69, 9.17) is 4.74 Å². The molecule has 8 nitrogen and oxygen atoms in total. The van der Waals surface area contributed by atoms with Gasteiger partial charge in [-0.15, -0.1) is 0 Å². The summed E-state index contributed by atoms with van der Waals surface area (Å²) in [5.74, 6) is 0.292. The van der Waals surface area contributed by atoms with Gasteiger partial charge in [-0.05, 0) is 55.3 Å². The number of aromatic nitrogens is 2. The van der Waals surface area contributed by atoms with Crippen molar-refractivity contribution in [2.75, 3.05) is 26.2 Å². The number of Topliss-reactive ketones (excluding diaryl/α,β-unsaturated/α-hetero) is 1. The van der Waals surface area contributed by atoms with Crippen molar-refractivity contribution in [3.8, 4) is 11.5 Å². The number of amides is 1. The van der Waals surface area contributed by atoms with Crippen LogP contribution < -0.4 is 4.74 Å². The van der Waals surface area contributed by atoms with Gasteiger partial charge < -0.3 is 14.7 Å². The number of carbonyl (C=O) groups is 2. The fraction of sp³-hybridized carbons (Fsp3) is 0.423. The number of phenolic OH excluding ortho intramolecular Hbond substituents is 1. The second-order valence-corrected chi connectivity index (χ2v) is 9.11. The molecule has 1 aromatic heterocycles. The van der Waals surface area contributed by atoms with Gasteiger partial charge in [0.15, 0.2) is 5.78 Å². The Labute approximate surface area is 198 Å². The average molecular weight is 463 g/mol. The van der Waals surface area contributed by atoms with Gasteiger partial charge in [-0.1, -0.05) is 19.4 Å². The van der Waals surface area contributed by atoms with Gasteiger partial charge in [0.05, 0.1) is 11.1 Å². The van der Waals surface area contributed by atoms with Gasteiger partial charge in [-0.3, -0.25) is 19.6 Å². The maximum absolute atomic E-state index is 13.3. The Kier molecular flexibility index (Phi) is 6.24. The summed E-state index contributed by atoms with van der Waals surface area (Å²) in [7, 11) is 0. The molecule has 2 aliphatic rings. The number of aromatic amines is 1. The van der Waals surface area contributed by atoms with Gasteiger partial charge >= 0.3 is 0 Å². The number of hydrogen-bond acceptors (Lipinski definition) is 6. The van der Waals surface area contributed by atoms with Crippen LogP contribution in [0.4, 0.5) is 0 Å². The number of benzene rings is 2. The minimum Gasteiger partial charge on any atom is -0.507 e. The molecule has 0 radical (unpaired) electrons. The summed E-state index contributed by atoms with van der Waals surface area (Å²) < 4.78 is 5.99. The number of H-pyrrole nitrogens is 1. The Morgan fingerprint density at radius 1 is 1.09 bits per heavy atom. The third kappa shape index (κ3) is 4.37. The highest BCUT2D eigenvalue weighted by Crippen LogP contribution is 2.32. The van der Waals surface area contributed by atoms with E-state index in [2.05, 4.69) is 15.1 Å². The standard InChI is InChI=1S/C26H30N4O4/c1-2-23(31)25-20-13-21(24(32)14-22(20)27-28-25)26(33)30-15-17-6-7-19(12-18(17)16-30)34-11-10-29-8-4-3-5-9-29/h6-7,12-14,32H,2-5,8-11,15-16H2,1H3,(H,27,28). The summed E-state index contributed by atoms with van der Waals surface area (Å²) in [6, 6.07) is 9.00. The van der Waals surface area contributed by atoms with Crippen LogP contribution >= 0.6 is 0 Å². The molecule has 34 heavy (non-hydrogen) atoms. The van der Waals surface area contributed by atoms with E-state index in [1.807, 2.05) is 18.2 Å². The second kappa shape index (κ2) is 9.46. The highest BCUT2D eigenvalue weighted by atomic mass is 16.5. The van der Waals surface area contributed by atoms with E-state index in [0.717, 1.165) is 36.5 Å². The van der Waals surface area contributed by atoms with Crippen LogP contribution in [0.15, 0.2) is 30.3 Å². The second-order valence-electron chi connectivity index (χ2n) is 9.11. The monoisotopic (exact) mass is 462 g/mol. The Balaban J connectivity index is 1.28. The first-order valence-corrected chi connectivity index (χ1v) is 12.0. The zero-order chi connectivity index (χ0) is 23.7. The number of phenols is 1. The topological polar surface area (TPSA) is 98.8 Å². The van der Waals surface area contributed by atoms with Gasteiger partial charge in [-0.25, -0.2) is 0 Å². The molecule has 3 heterocycles. The number of rotatable bonds is 7. The van der Waals surface area contributed by atoms with Gasteiger partial charge in [0.1, 0.15) is 23.8 Å². The van der Waals surface area contributed by atoms with E-state index >= 15 is 0 Å². The van der Waals surface area contributed by atoms with E-state index in [9.17, 15) is 14.7 Å². The summed E-state index contributed by atoms with van der Waals surface area (Å²) >= 11 is 0. The summed E-state index contributed by atoms with van der Waals surface area (Å²) in [6.45, 7) is 6.56. The molecule has 0 atom stereocenters. The number of hydrogen-bond donors (Lipinski definition) is 2. The van der Waals surface area contributed by atoms with E-state index in [1.54, 1.807) is 17.9 Å². The summed E-state index contributed by atoms with van der Waals surface area (Å²) in [6.07, 6.45) is 4.17. The zero-order valence-electron chi connectivity index (χ0n) is 19.5. The van der Waals surface area contributed by atoms with E-state index < -0.39 is 0 Å². The summed E-state index contributed by atoms with van der Waals surface area (Å²) in [5.41, 5.74) is 3.12. The molecule has 0 unspecified atom stereocenters. The van der Waals surface area contributed by atoms with E-state index in [1.165, 1.54) is 25.3 Å². The molecule has 8 heteroatoms. The summed E-state index contributed by atoms with van der Waals surface area (Å²) in [4.78, 5) is 29.6. The predicted molar refractivity (Wildman–Crippen MR) is 128 cm³/mol. The molecule has 1 amide bonds. The van der Waals surface area contributed by atoms with Crippen molar-refractivity contribution in [1.29, 1.82) is 0 Å². The third-order valence-corrected chi connectivity index (χ3v) is 6.81. The van der Waals surface area contributed by atoms with E-state index in [0.29, 0.717) is 42.7 Å². The zero-order valence-corrected chi connectivity index (χ0v) is 19.5. The van der Waals surface area contributed by atoms with Crippen molar-refractivity contribution in [3.05, 3.63) is 52.7 Å². The molecule has 1 fully saturated rings. The molecular weight excluding hydrogens is 432 g/mol. The molecule has 0 saturated carbocycles. The van der Waals surface area contributed by atoms with Crippen LogP contribution in [0.5, 0.6) is 11.5 Å². The number of ketones is 1. The van der Waals surface area contributed by atoms with Crippen molar-refractivity contribution in [2.45, 2.75) is 45.7 Å². The maximum Gasteiger partial charge on any atom is 0.258 e. The molecule has 0 bridgehead atoms. The van der Waals surface area contributed by atoms with Gasteiger partial charge in [0.25, 0.3) is 5.91 Å². The minimum absolute atomic E-state index is 0.114. The largest absolute Gasteiger partial charge is 0.507 e. The van der Waals surface area contributed by atoms with Gasteiger partial charge in [0, 0.05) is 37.5 Å². The Bertz CT molecular complexity index is 1230. The highest BCUT2D eigenvalue weighted by molar-refractivity contribution is 6.09. The fourth-order valence-corrected chi connectivity index (χ4v) is 4.85. The first-order chi connectivity index (χ1) is 16.5. The number of piperidine rings is 1. The van der Waals surface area contributed by atoms with Crippen molar-refractivity contribution in [1.82, 2.24) is 20.0 Å². The van der Waals surface area contributed by atoms with Crippen LogP contribution in [0.3, 0.4) is 0 Å². The van der Waals surface area contributed by atoms with Crippen LogP contribution in [0, 0.1) is 0 Å². The molecular formula is C26H30N4O4. The Hall–Kier alpha value is -3.39. The number of fused-ring (bicyclic) bond motifs is 2. The quantitative estimate of drug-likeness (QED) is 0.517. The number of aromatic hydroxyl groups is 1. The number of nitrogens with one attached hydrogen (secondary N) is 1. The van der Waals surface area contributed by atoms with Crippen molar-refractivity contribution in [3.63, 3.8) is 0 Å². The van der Waals surface area contributed by atoms with Crippen LogP contribution in [0.1, 0.15) is 64.6 Å². The normalized spacial score (nSPS) is 16.1. The molecule has 5 rings (SSSR count). The van der Waals surface area contributed by atoms with Crippen LogP contribution in [0.25, 0.3) is 10.9 Å². The lowest BCUT2D eigenvalue weighted by Crippen LogP contribution is -2.33. The fourth-order valence-electron chi connectivity index (χ4n) is 4.85. The molecule has 2 aliphatic heterocycles. The lowest BCUT2D eigenvalue weighted by Gasteiger charge is -2.26. The number of likely N-dealkylation sites (tertiary alicyclic amines) is 1. The molecule has 178 valence electrons. The van der Waals surface area contributed by atoms with Crippen molar-refractivity contribution >= 4 is 22.6 Å². The smallest absolute Gasteiger partial charge is 0.258 e. The van der Waals surface area contributed by atoms with Gasteiger partial charge in [0.2, 0.25) is 0 Å². The van der Waals surface area contributed by atoms with Crippen LogP contribution in [-0.4, -0.2) is 63.0 Å². The maximum atomic E-state index is 13.3. The van der Waals surface area contributed by atoms with Crippen molar-refractivity contribution in [2.24, 2.45) is 0 Å².